The Morgan fingerprint density at radius 1 is 0.968 bits per heavy atom. The van der Waals surface area contributed by atoms with Gasteiger partial charge in [0.05, 0.1) is 23.5 Å². The van der Waals surface area contributed by atoms with Gasteiger partial charge in [0.25, 0.3) is 0 Å². The van der Waals surface area contributed by atoms with Crippen molar-refractivity contribution in [1.82, 2.24) is 0 Å². The number of carbonyl (C=O) groups excluding carboxylic acids is 1. The van der Waals surface area contributed by atoms with Gasteiger partial charge in [-0.3, -0.25) is 4.79 Å². The molecule has 2 aromatic carbocycles. The molecule has 0 saturated heterocycles. The van der Waals surface area contributed by atoms with Crippen molar-refractivity contribution < 1.29 is 9.53 Å². The van der Waals surface area contributed by atoms with E-state index >= 15 is 0 Å². The number of hydrogen-bond acceptors (Lipinski definition) is 5. The van der Waals surface area contributed by atoms with E-state index in [1.54, 1.807) is 11.3 Å². The third-order valence-electron chi connectivity index (χ3n) is 5.85. The van der Waals surface area contributed by atoms with E-state index in [9.17, 15) is 4.79 Å². The lowest BCUT2D eigenvalue weighted by molar-refractivity contribution is -0.116. The summed E-state index contributed by atoms with van der Waals surface area (Å²) in [5, 5.41) is 9.34. The first-order valence-electron chi connectivity index (χ1n) is 10.8. The molecule has 0 saturated carbocycles. The topological polar surface area (TPSA) is 50.4 Å². The van der Waals surface area contributed by atoms with Crippen LogP contribution >= 0.6 is 11.3 Å². The van der Waals surface area contributed by atoms with Crippen LogP contribution in [0, 0.1) is 0 Å². The van der Waals surface area contributed by atoms with Crippen LogP contribution in [-0.2, 0) is 4.79 Å². The smallest absolute Gasteiger partial charge is 0.163 e. The summed E-state index contributed by atoms with van der Waals surface area (Å²) in [7, 11) is 0. The zero-order valence-corrected chi connectivity index (χ0v) is 18.5. The molecule has 2 N–H and O–H groups in total. The van der Waals surface area contributed by atoms with Crippen LogP contribution in [0.5, 0.6) is 5.75 Å². The van der Waals surface area contributed by atoms with E-state index in [1.165, 1.54) is 4.88 Å². The van der Waals surface area contributed by atoms with Gasteiger partial charge in [0, 0.05) is 34.0 Å². The predicted molar refractivity (Wildman–Crippen MR) is 127 cm³/mol. The first-order valence-corrected chi connectivity index (χ1v) is 11.7. The Bertz CT molecular complexity index is 1130. The lowest BCUT2D eigenvalue weighted by Gasteiger charge is -2.30. The Morgan fingerprint density at radius 3 is 2.52 bits per heavy atom. The van der Waals surface area contributed by atoms with Gasteiger partial charge in [-0.05, 0) is 49.9 Å². The summed E-state index contributed by atoms with van der Waals surface area (Å²) < 4.78 is 6.13. The molecule has 158 valence electrons. The zero-order valence-electron chi connectivity index (χ0n) is 17.7. The minimum absolute atomic E-state index is 0.0519. The number of para-hydroxylation sites is 3. The largest absolute Gasteiger partial charge is 0.491 e. The molecule has 0 bridgehead atoms. The van der Waals surface area contributed by atoms with E-state index < -0.39 is 0 Å². The second-order valence-electron chi connectivity index (χ2n) is 8.39. The normalized spacial score (nSPS) is 20.4. The summed E-state index contributed by atoms with van der Waals surface area (Å²) in [5.41, 5.74) is 4.81. The van der Waals surface area contributed by atoms with Gasteiger partial charge >= 0.3 is 0 Å². The zero-order chi connectivity index (χ0) is 21.4. The molecule has 2 aliphatic rings. The van der Waals surface area contributed by atoms with Crippen molar-refractivity contribution in [2.45, 2.75) is 44.8 Å². The van der Waals surface area contributed by atoms with E-state index in [0.29, 0.717) is 6.42 Å². The molecule has 0 spiro atoms. The highest BCUT2D eigenvalue weighted by Crippen LogP contribution is 2.46. The highest BCUT2D eigenvalue weighted by molar-refractivity contribution is 7.10. The highest BCUT2D eigenvalue weighted by Gasteiger charge is 2.37. The minimum Gasteiger partial charge on any atom is -0.491 e. The quantitative estimate of drug-likeness (QED) is 0.495. The summed E-state index contributed by atoms with van der Waals surface area (Å²) in [4.78, 5) is 14.9. The summed E-state index contributed by atoms with van der Waals surface area (Å²) in [6.07, 6.45) is 1.40. The second kappa shape index (κ2) is 8.23. The Kier molecular flexibility index (Phi) is 5.28. The predicted octanol–water partition coefficient (Wildman–Crippen LogP) is 6.51. The van der Waals surface area contributed by atoms with Gasteiger partial charge in [0.2, 0.25) is 0 Å². The third kappa shape index (κ3) is 3.86. The molecule has 0 amide bonds. The van der Waals surface area contributed by atoms with Crippen LogP contribution in [0.25, 0.3) is 0 Å². The summed E-state index contributed by atoms with van der Waals surface area (Å²) in [6.45, 7) is 4.05. The number of carbonyl (C=O) groups is 1. The Morgan fingerprint density at radius 2 is 1.74 bits per heavy atom. The molecule has 5 rings (SSSR count). The maximum Gasteiger partial charge on any atom is 0.163 e. The van der Waals surface area contributed by atoms with Crippen molar-refractivity contribution >= 4 is 28.5 Å². The van der Waals surface area contributed by atoms with Crippen LogP contribution in [0.15, 0.2) is 77.3 Å². The fourth-order valence-electron chi connectivity index (χ4n) is 4.53. The van der Waals surface area contributed by atoms with Crippen LogP contribution in [0.1, 0.15) is 49.1 Å². The van der Waals surface area contributed by atoms with Crippen LogP contribution in [-0.4, -0.2) is 11.9 Å². The number of anilines is 2. The summed E-state index contributed by atoms with van der Waals surface area (Å²) in [6, 6.07) is 20.1. The van der Waals surface area contributed by atoms with Crippen LogP contribution in [0.3, 0.4) is 0 Å². The standard InChI is InChI=1S/C26H26N2O2S/c1-16(2)30-23-11-6-3-8-18(23)26-25-21(27-19-9-4-5-10-20(19)28-26)14-17(15-22(25)29)24-12-7-13-31-24/h3-13,16-17,26-28H,14-15H2,1-2H3. The molecular formula is C26H26N2O2S. The van der Waals surface area contributed by atoms with Crippen LogP contribution in [0.4, 0.5) is 11.4 Å². The van der Waals surface area contributed by atoms with E-state index in [4.69, 9.17) is 4.74 Å². The monoisotopic (exact) mass is 430 g/mol. The number of ketones is 1. The molecule has 1 aliphatic carbocycles. The van der Waals surface area contributed by atoms with Crippen molar-refractivity contribution in [3.8, 4) is 5.75 Å². The molecule has 0 fully saturated rings. The molecule has 2 atom stereocenters. The van der Waals surface area contributed by atoms with Crippen LogP contribution in [0.2, 0.25) is 0 Å². The number of benzene rings is 2. The van der Waals surface area contributed by atoms with E-state index in [-0.39, 0.29) is 23.8 Å². The van der Waals surface area contributed by atoms with Crippen molar-refractivity contribution in [2.75, 3.05) is 10.6 Å². The maximum atomic E-state index is 13.6. The van der Waals surface area contributed by atoms with Crippen molar-refractivity contribution in [3.63, 3.8) is 0 Å². The Labute approximate surface area is 187 Å². The first kappa shape index (κ1) is 19.9. The fourth-order valence-corrected chi connectivity index (χ4v) is 5.36. The average molecular weight is 431 g/mol. The third-order valence-corrected chi connectivity index (χ3v) is 6.88. The van der Waals surface area contributed by atoms with Gasteiger partial charge in [-0.15, -0.1) is 11.3 Å². The second-order valence-corrected chi connectivity index (χ2v) is 9.37. The lowest BCUT2D eigenvalue weighted by atomic mass is 9.80. The molecule has 5 heteroatoms. The van der Waals surface area contributed by atoms with Gasteiger partial charge in [-0.1, -0.05) is 36.4 Å². The first-order chi connectivity index (χ1) is 15.1. The van der Waals surface area contributed by atoms with Gasteiger partial charge in [0.1, 0.15) is 5.75 Å². The highest BCUT2D eigenvalue weighted by atomic mass is 32.1. The average Bonchev–Trinajstić information content (AvgIpc) is 3.23. The van der Waals surface area contributed by atoms with Gasteiger partial charge in [-0.2, -0.15) is 0 Å². The number of hydrogen-bond donors (Lipinski definition) is 2. The number of ether oxygens (including phenoxy) is 1. The molecule has 3 aromatic rings. The molecule has 1 aliphatic heterocycles. The number of allylic oxidation sites excluding steroid dienone is 1. The van der Waals surface area contributed by atoms with Gasteiger partial charge in [-0.25, -0.2) is 0 Å². The van der Waals surface area contributed by atoms with E-state index in [2.05, 4.69) is 46.3 Å². The SMILES string of the molecule is CC(C)Oc1ccccc1C1Nc2ccccc2NC2=C1C(=O)CC(c1cccs1)C2. The number of rotatable bonds is 4. The van der Waals surface area contributed by atoms with Crippen molar-refractivity contribution in [1.29, 1.82) is 0 Å². The molecule has 2 unspecified atom stereocenters. The van der Waals surface area contributed by atoms with Crippen molar-refractivity contribution in [3.05, 3.63) is 87.8 Å². The summed E-state index contributed by atoms with van der Waals surface area (Å²) >= 11 is 1.73. The van der Waals surface area contributed by atoms with Gasteiger partial charge in [0.15, 0.2) is 5.78 Å². The van der Waals surface area contributed by atoms with E-state index in [1.807, 2.05) is 44.2 Å². The minimum atomic E-state index is -0.266. The number of Topliss-reactive ketones (excluding diaryl/α,β-unsaturated/α-hetero) is 1. The Hall–Kier alpha value is -3.05. The van der Waals surface area contributed by atoms with Crippen molar-refractivity contribution in [2.24, 2.45) is 0 Å². The molecule has 2 heterocycles. The lowest BCUT2D eigenvalue weighted by Crippen LogP contribution is -2.27. The number of fused-ring (bicyclic) bond motifs is 1. The number of nitrogens with one attached hydrogen (secondary N) is 2. The molecular weight excluding hydrogens is 404 g/mol. The fraction of sp³-hybridized carbons (Fsp3) is 0.269. The molecule has 1 aromatic heterocycles. The number of thiophene rings is 1. The molecule has 31 heavy (non-hydrogen) atoms. The molecule has 4 nitrogen and oxygen atoms in total. The summed E-state index contributed by atoms with van der Waals surface area (Å²) in [5.74, 6) is 1.22. The van der Waals surface area contributed by atoms with Gasteiger partial charge < -0.3 is 15.4 Å². The molecule has 0 radical (unpaired) electrons. The Balaban J connectivity index is 1.64. The van der Waals surface area contributed by atoms with E-state index in [0.717, 1.165) is 40.4 Å². The maximum absolute atomic E-state index is 13.6. The van der Waals surface area contributed by atoms with Crippen LogP contribution < -0.4 is 15.4 Å².